The van der Waals surface area contributed by atoms with Crippen LogP contribution in [-0.2, 0) is 27.2 Å². The number of hydrogen-bond donors (Lipinski definition) is 2. The van der Waals surface area contributed by atoms with Gasteiger partial charge in [-0.3, -0.25) is 0 Å². The number of unbranched alkanes of at least 4 members (excludes halogenated alkanes) is 2. The molecule has 0 aromatic heterocycles. The second kappa shape index (κ2) is 67.9. The van der Waals surface area contributed by atoms with Crippen LogP contribution in [0.1, 0.15) is 173 Å². The minimum atomic E-state index is -2.35. The van der Waals surface area contributed by atoms with E-state index < -0.39 is 37.4 Å². The van der Waals surface area contributed by atoms with Crippen LogP contribution in [-0.4, -0.2) is 126 Å². The summed E-state index contributed by atoms with van der Waals surface area (Å²) in [6.07, 6.45) is 7.93. The third-order valence-electron chi connectivity index (χ3n) is 9.22. The lowest BCUT2D eigenvalue weighted by molar-refractivity contribution is 0.0110. The first-order chi connectivity index (χ1) is 37.9. The van der Waals surface area contributed by atoms with E-state index in [4.69, 9.17) is 46.1 Å². The Kier molecular flexibility index (Phi) is 80.2. The van der Waals surface area contributed by atoms with Crippen LogP contribution in [0, 0.1) is 0 Å². The predicted octanol–water partition coefficient (Wildman–Crippen LogP) is 20.2. The zero-order chi connectivity index (χ0) is 60.1. The van der Waals surface area contributed by atoms with Gasteiger partial charge in [0.15, 0.2) is 8.32 Å². The molecule has 0 amide bonds. The highest BCUT2D eigenvalue weighted by Crippen LogP contribution is 2.25. The van der Waals surface area contributed by atoms with Crippen molar-refractivity contribution in [2.24, 2.45) is 0 Å². The van der Waals surface area contributed by atoms with Gasteiger partial charge in [-0.2, -0.15) is 0 Å². The maximum atomic E-state index is 10.2. The van der Waals surface area contributed by atoms with Crippen molar-refractivity contribution in [1.29, 1.82) is 0 Å². The zero-order valence-electron chi connectivity index (χ0n) is 53.1. The van der Waals surface area contributed by atoms with Crippen molar-refractivity contribution >= 4 is 25.2 Å². The molecule has 504 valence electrons. The highest BCUT2D eigenvalue weighted by molar-refractivity contribution is 6.87. The van der Waals surface area contributed by atoms with Crippen molar-refractivity contribution in [1.82, 2.24) is 0 Å². The highest BCUT2D eigenvalue weighted by atomic mass is 28.5. The molecule has 6 rings (SSSR count). The molecular weight excluding hydrogens is 1120 g/mol. The second-order valence-corrected chi connectivity index (χ2v) is 32.3. The minimum Gasteiger partial charge on any atom is -0.491 e. The van der Waals surface area contributed by atoms with Gasteiger partial charge in [-0.15, -0.1) is 0 Å². The van der Waals surface area contributed by atoms with Gasteiger partial charge in [0.1, 0.15) is 73.8 Å². The molecule has 2 saturated heterocycles. The van der Waals surface area contributed by atoms with Gasteiger partial charge in [0.25, 0.3) is 0 Å². The second-order valence-electron chi connectivity index (χ2n) is 20.1. The van der Waals surface area contributed by atoms with Gasteiger partial charge >= 0.3 is 8.56 Å². The van der Waals surface area contributed by atoms with E-state index in [-0.39, 0.29) is 71.0 Å². The summed E-state index contributed by atoms with van der Waals surface area (Å²) in [7, 11) is -6.38. The average molecular weight is 1260 g/mol. The smallest absolute Gasteiger partial charge is 0.311 e. The topological polar surface area (TPSA) is 139 Å². The molecule has 4 atom stereocenters. The van der Waals surface area contributed by atoms with Crippen molar-refractivity contribution in [3.05, 3.63) is 121 Å². The van der Waals surface area contributed by atoms with Gasteiger partial charge in [0.05, 0.1) is 32.7 Å². The van der Waals surface area contributed by atoms with Crippen molar-refractivity contribution in [3.8, 4) is 23.0 Å². The number of para-hydroxylation sites is 4. The van der Waals surface area contributed by atoms with Gasteiger partial charge in [-0.05, 0) is 100 Å². The van der Waals surface area contributed by atoms with Crippen molar-refractivity contribution in [3.63, 3.8) is 0 Å². The van der Waals surface area contributed by atoms with E-state index in [1.807, 2.05) is 149 Å². The maximum absolute atomic E-state index is 10.2. The van der Waals surface area contributed by atoms with Crippen LogP contribution in [0.5, 0.6) is 23.0 Å². The van der Waals surface area contributed by atoms with E-state index in [9.17, 15) is 10.2 Å². The third kappa shape index (κ3) is 69.4. The molecule has 0 radical (unpaired) electrons. The monoisotopic (exact) mass is 1260 g/mol. The number of benzene rings is 4. The van der Waals surface area contributed by atoms with Gasteiger partial charge in [0, 0.05) is 6.61 Å². The number of ether oxygens (including phenoxy) is 8. The first-order valence-electron chi connectivity index (χ1n) is 29.8. The van der Waals surface area contributed by atoms with Crippen LogP contribution in [0.2, 0.25) is 45.3 Å². The Bertz CT molecular complexity index is 1750. The summed E-state index contributed by atoms with van der Waals surface area (Å²) >= 11 is 0. The van der Waals surface area contributed by atoms with E-state index in [1.54, 1.807) is 0 Å². The van der Waals surface area contributed by atoms with Crippen molar-refractivity contribution in [2.75, 3.05) is 65.7 Å². The molecule has 4 aromatic carbocycles. The molecule has 0 spiro atoms. The van der Waals surface area contributed by atoms with E-state index in [2.05, 4.69) is 94.7 Å². The molecule has 4 unspecified atom stereocenters. The van der Waals surface area contributed by atoms with E-state index in [0.717, 1.165) is 61.5 Å². The summed E-state index contributed by atoms with van der Waals surface area (Å²) in [4.78, 5) is 0. The summed E-state index contributed by atoms with van der Waals surface area (Å²) in [5.74, 6) is 3.32. The standard InChI is InChI=1S/C30H52O8Si3.2C9H10O2.4C3H8.2C2H6.6CH4/c1-39(2,21-15-9-14-20-33-22-27(31)24-35-29-16-10-7-11-17-29)37-41(5,6)38-40(3,4)26-34-23-28(32)25-36-30-18-12-8-13-19-30;2*1-2-4-8(5-3-1)10-6-9-7-11-9;4*1-3-2;2*1-2;;;;;;/h7-8,10-13,16-19,27-28,31-32H,9,14-15,20-26H2,1-6H3;2*1-5,9H,6-7H2;4*3H2,1-2H3;2*1-2H3;6*1H4. The number of epoxide rings is 2. The first kappa shape index (κ1) is 100. The average Bonchev–Trinajstić information content (AvgIpc) is 4.39. The molecule has 2 aliphatic rings. The minimum absolute atomic E-state index is 0. The molecule has 2 fully saturated rings. The van der Waals surface area contributed by atoms with Gasteiger partial charge < -0.3 is 56.3 Å². The van der Waals surface area contributed by atoms with Crippen LogP contribution in [0.3, 0.4) is 0 Å². The molecule has 85 heavy (non-hydrogen) atoms. The van der Waals surface area contributed by atoms with Gasteiger partial charge in [-0.1, -0.05) is 239 Å². The fourth-order valence-corrected chi connectivity index (χ4v) is 19.8. The molecule has 12 nitrogen and oxygen atoms in total. The van der Waals surface area contributed by atoms with E-state index >= 15 is 0 Å². The largest absolute Gasteiger partial charge is 0.491 e. The Labute approximate surface area is 531 Å². The predicted molar refractivity (Wildman–Crippen MR) is 381 cm³/mol. The Morgan fingerprint density at radius 3 is 1.00 bits per heavy atom. The lowest BCUT2D eigenvalue weighted by Crippen LogP contribution is -2.54. The van der Waals surface area contributed by atoms with E-state index in [1.165, 1.54) is 25.7 Å². The normalized spacial score (nSPS) is 13.3. The summed E-state index contributed by atoms with van der Waals surface area (Å²) in [5.41, 5.74) is 0. The highest BCUT2D eigenvalue weighted by Gasteiger charge is 2.39. The lowest BCUT2D eigenvalue weighted by Gasteiger charge is -2.38. The van der Waals surface area contributed by atoms with Crippen molar-refractivity contribution < 1.29 is 56.3 Å². The SMILES string of the molecule is C.C.C.C.C.C.CC.CC.CCC.CCC.CCC.CCC.C[Si](C)(CCCCCOCC(O)COc1ccccc1)O[Si](C)(C)O[Si](C)(C)COCC(O)COc1ccccc1.c1ccc(OCC2CO2)cc1.c1ccc(OCC2CO2)cc1. The molecule has 0 aliphatic carbocycles. The maximum Gasteiger partial charge on any atom is 0.311 e. The molecule has 2 heterocycles. The molecule has 15 heteroatoms. The zero-order valence-corrected chi connectivity index (χ0v) is 56.1. The van der Waals surface area contributed by atoms with E-state index in [0.29, 0.717) is 38.3 Å². The summed E-state index contributed by atoms with van der Waals surface area (Å²) in [6, 6.07) is 39.6. The molecule has 4 aromatic rings. The van der Waals surface area contributed by atoms with Crippen LogP contribution in [0.25, 0.3) is 0 Å². The van der Waals surface area contributed by atoms with Gasteiger partial charge in [0.2, 0.25) is 8.32 Å². The van der Waals surface area contributed by atoms with Crippen molar-refractivity contribution in [2.45, 2.75) is 242 Å². The number of aliphatic hydroxyl groups is 2. The Morgan fingerprint density at radius 1 is 0.412 bits per heavy atom. The van der Waals surface area contributed by atoms with Crippen LogP contribution < -0.4 is 18.9 Å². The number of hydrogen-bond acceptors (Lipinski definition) is 12. The van der Waals surface area contributed by atoms with Crippen LogP contribution >= 0.6 is 0 Å². The summed E-state index contributed by atoms with van der Waals surface area (Å²) < 4.78 is 56.7. The lowest BCUT2D eigenvalue weighted by atomic mass is 10.3. The summed E-state index contributed by atoms with van der Waals surface area (Å²) in [5, 5.41) is 20.3. The van der Waals surface area contributed by atoms with Crippen LogP contribution in [0.15, 0.2) is 121 Å². The molecule has 0 bridgehead atoms. The Hall–Kier alpha value is -3.59. The quantitative estimate of drug-likeness (QED) is 0.0318. The molecule has 2 aliphatic heterocycles. The Morgan fingerprint density at radius 2 is 0.694 bits per heavy atom. The fourth-order valence-electron chi connectivity index (χ4n) is 6.28. The first-order valence-corrected chi connectivity index (χ1v) is 38.8. The Balaban J connectivity index is -0.000000152. The molecule has 0 saturated carbocycles. The fraction of sp³-hybridized carbons (Fsp3) is 0.657. The number of aliphatic hydroxyl groups excluding tert-OH is 2. The molecular formula is C70H140O12Si3. The summed E-state index contributed by atoms with van der Waals surface area (Å²) in [6.45, 7) is 42.6. The van der Waals surface area contributed by atoms with Crippen LogP contribution in [0.4, 0.5) is 0 Å². The van der Waals surface area contributed by atoms with Gasteiger partial charge in [-0.25, -0.2) is 0 Å². The molecule has 2 N–H and O–H groups in total. The number of rotatable bonds is 28. The third-order valence-corrected chi connectivity index (χ3v) is 20.0.